The van der Waals surface area contributed by atoms with E-state index in [1.165, 1.54) is 23.9 Å². The number of hydrogen-bond acceptors (Lipinski definition) is 6. The molecule has 0 aliphatic carbocycles. The zero-order chi connectivity index (χ0) is 18.2. The van der Waals surface area contributed by atoms with Gasteiger partial charge >= 0.3 is 0 Å². The summed E-state index contributed by atoms with van der Waals surface area (Å²) in [4.78, 5) is 3.19. The van der Waals surface area contributed by atoms with Gasteiger partial charge in [-0.15, -0.1) is 10.2 Å². The minimum Gasteiger partial charge on any atom is -0.467 e. The van der Waals surface area contributed by atoms with E-state index in [9.17, 15) is 4.39 Å². The minimum atomic E-state index is -0.316. The smallest absolute Gasteiger partial charge is 0.277 e. The van der Waals surface area contributed by atoms with Crippen molar-refractivity contribution in [3.05, 3.63) is 59.5 Å². The normalized spacial score (nSPS) is 13.5. The van der Waals surface area contributed by atoms with Gasteiger partial charge in [-0.3, -0.25) is 0 Å². The van der Waals surface area contributed by atoms with Crippen molar-refractivity contribution in [3.8, 4) is 17.2 Å². The Balaban J connectivity index is 1.38. The monoisotopic (exact) mass is 383 g/mol. The zero-order valence-electron chi connectivity index (χ0n) is 14.1. The van der Waals surface area contributed by atoms with Gasteiger partial charge in [-0.25, -0.2) is 4.39 Å². The maximum atomic E-state index is 13.8. The van der Waals surface area contributed by atoms with Crippen molar-refractivity contribution in [2.75, 3.05) is 6.79 Å². The minimum absolute atomic E-state index is 0.168. The molecule has 0 atom stereocenters. The van der Waals surface area contributed by atoms with Crippen LogP contribution in [0.1, 0.15) is 11.1 Å². The van der Waals surface area contributed by atoms with E-state index in [-0.39, 0.29) is 12.6 Å². The SMILES string of the molecule is Fc1cc2c(c(CSc3nnc(-c4c[nH]c5ccccc45)o3)c1)OCOC2. The van der Waals surface area contributed by atoms with Gasteiger partial charge in [0.25, 0.3) is 11.1 Å². The largest absolute Gasteiger partial charge is 0.467 e. The fourth-order valence-corrected chi connectivity index (χ4v) is 3.86. The Kier molecular flexibility index (Phi) is 4.06. The Labute approximate surface area is 157 Å². The standard InChI is InChI=1S/C19H14FN3O3S/c20-13-5-11-8-24-10-25-17(11)12(6-13)9-27-19-23-22-18(26-19)15-7-21-16-4-2-1-3-14(15)16/h1-7,21H,8-10H2. The van der Waals surface area contributed by atoms with E-state index in [1.807, 2.05) is 30.5 Å². The summed E-state index contributed by atoms with van der Waals surface area (Å²) in [7, 11) is 0. The molecule has 0 unspecified atom stereocenters. The maximum Gasteiger partial charge on any atom is 0.277 e. The number of nitrogens with zero attached hydrogens (tertiary/aromatic N) is 2. The van der Waals surface area contributed by atoms with Crippen LogP contribution in [0.25, 0.3) is 22.4 Å². The molecule has 1 aliphatic heterocycles. The number of halogens is 1. The molecule has 0 spiro atoms. The third-order valence-corrected chi connectivity index (χ3v) is 5.20. The van der Waals surface area contributed by atoms with Crippen LogP contribution in [0.15, 0.2) is 52.2 Å². The molecule has 136 valence electrons. The molecular weight excluding hydrogens is 369 g/mol. The van der Waals surface area contributed by atoms with Crippen molar-refractivity contribution in [1.82, 2.24) is 15.2 Å². The summed E-state index contributed by atoms with van der Waals surface area (Å²) in [5.74, 6) is 1.26. The molecule has 5 rings (SSSR count). The Bertz CT molecular complexity index is 1120. The number of fused-ring (bicyclic) bond motifs is 2. The number of aromatic nitrogens is 3. The van der Waals surface area contributed by atoms with Gasteiger partial charge in [0.05, 0.1) is 12.2 Å². The van der Waals surface area contributed by atoms with E-state index >= 15 is 0 Å². The van der Waals surface area contributed by atoms with Crippen molar-refractivity contribution in [2.24, 2.45) is 0 Å². The van der Waals surface area contributed by atoms with Gasteiger partial charge in [-0.1, -0.05) is 30.0 Å². The summed E-state index contributed by atoms with van der Waals surface area (Å²) < 4.78 is 30.4. The second-order valence-corrected chi connectivity index (χ2v) is 7.00. The van der Waals surface area contributed by atoms with Gasteiger partial charge in [0.1, 0.15) is 11.6 Å². The Morgan fingerprint density at radius 3 is 3.07 bits per heavy atom. The molecule has 3 heterocycles. The zero-order valence-corrected chi connectivity index (χ0v) is 14.9. The van der Waals surface area contributed by atoms with Gasteiger partial charge in [-0.05, 0) is 18.2 Å². The summed E-state index contributed by atoms with van der Waals surface area (Å²) in [6.45, 7) is 0.512. The molecule has 0 radical (unpaired) electrons. The van der Waals surface area contributed by atoms with E-state index in [0.717, 1.165) is 22.0 Å². The van der Waals surface area contributed by atoms with Crippen molar-refractivity contribution >= 4 is 22.7 Å². The Morgan fingerprint density at radius 1 is 1.19 bits per heavy atom. The van der Waals surface area contributed by atoms with Gasteiger partial charge in [0.15, 0.2) is 6.79 Å². The van der Waals surface area contributed by atoms with Crippen LogP contribution in [0.2, 0.25) is 0 Å². The number of aromatic amines is 1. The van der Waals surface area contributed by atoms with Crippen LogP contribution in [0, 0.1) is 5.82 Å². The Morgan fingerprint density at radius 2 is 2.11 bits per heavy atom. The third kappa shape index (κ3) is 3.07. The first kappa shape index (κ1) is 16.3. The number of nitrogens with one attached hydrogen (secondary N) is 1. The average Bonchev–Trinajstić information content (AvgIpc) is 3.32. The van der Waals surface area contributed by atoms with E-state index in [2.05, 4.69) is 15.2 Å². The van der Waals surface area contributed by atoms with Crippen LogP contribution >= 0.6 is 11.8 Å². The molecule has 0 saturated heterocycles. The van der Waals surface area contributed by atoms with Gasteiger partial charge < -0.3 is 18.9 Å². The number of H-pyrrole nitrogens is 1. The summed E-state index contributed by atoms with van der Waals surface area (Å²) in [5.41, 5.74) is 3.31. The third-order valence-electron chi connectivity index (χ3n) is 4.33. The number of ether oxygens (including phenoxy) is 2. The van der Waals surface area contributed by atoms with Gasteiger partial charge in [0, 0.05) is 34.0 Å². The lowest BCUT2D eigenvalue weighted by atomic mass is 10.1. The molecule has 2 aromatic heterocycles. The van der Waals surface area contributed by atoms with Crippen LogP contribution in [-0.4, -0.2) is 22.0 Å². The first-order valence-electron chi connectivity index (χ1n) is 8.32. The van der Waals surface area contributed by atoms with Crippen LogP contribution < -0.4 is 4.74 Å². The lowest BCUT2D eigenvalue weighted by molar-refractivity contribution is -0.0171. The summed E-state index contributed by atoms with van der Waals surface area (Å²) >= 11 is 1.34. The molecule has 2 aromatic carbocycles. The van der Waals surface area contributed by atoms with Gasteiger partial charge in [-0.2, -0.15) is 0 Å². The van der Waals surface area contributed by atoms with E-state index in [0.29, 0.717) is 34.8 Å². The van der Waals surface area contributed by atoms with Crippen molar-refractivity contribution < 1.29 is 18.3 Å². The number of rotatable bonds is 4. The second-order valence-electron chi connectivity index (χ2n) is 6.07. The first-order chi connectivity index (χ1) is 13.3. The van der Waals surface area contributed by atoms with Gasteiger partial charge in [0.2, 0.25) is 0 Å². The molecule has 27 heavy (non-hydrogen) atoms. The number of para-hydroxylation sites is 1. The van der Waals surface area contributed by atoms with E-state index in [4.69, 9.17) is 13.9 Å². The lowest BCUT2D eigenvalue weighted by Crippen LogP contribution is -2.13. The summed E-state index contributed by atoms with van der Waals surface area (Å²) in [6, 6.07) is 10.8. The fourth-order valence-electron chi connectivity index (χ4n) is 3.13. The molecule has 6 nitrogen and oxygen atoms in total. The lowest BCUT2D eigenvalue weighted by Gasteiger charge is -2.20. The highest BCUT2D eigenvalue weighted by Crippen LogP contribution is 2.35. The average molecular weight is 383 g/mol. The second kappa shape index (κ2) is 6.71. The van der Waals surface area contributed by atoms with Crippen LogP contribution in [0.4, 0.5) is 4.39 Å². The summed E-state index contributed by atoms with van der Waals surface area (Å²) in [6.07, 6.45) is 1.85. The molecule has 1 aliphatic rings. The van der Waals surface area contributed by atoms with E-state index < -0.39 is 0 Å². The predicted octanol–water partition coefficient (Wildman–Crippen LogP) is 4.52. The molecular formula is C19H14FN3O3S. The maximum absolute atomic E-state index is 13.8. The number of benzene rings is 2. The molecule has 0 fully saturated rings. The summed E-state index contributed by atoms with van der Waals surface area (Å²) in [5, 5.41) is 9.68. The molecule has 0 bridgehead atoms. The topological polar surface area (TPSA) is 73.2 Å². The molecule has 0 saturated carbocycles. The predicted molar refractivity (Wildman–Crippen MR) is 97.8 cm³/mol. The van der Waals surface area contributed by atoms with Crippen LogP contribution in [-0.2, 0) is 17.1 Å². The molecule has 8 heteroatoms. The highest BCUT2D eigenvalue weighted by molar-refractivity contribution is 7.98. The fraction of sp³-hybridized carbons (Fsp3) is 0.158. The highest BCUT2D eigenvalue weighted by Gasteiger charge is 2.19. The molecule has 1 N–H and O–H groups in total. The molecule has 0 amide bonds. The number of hydrogen-bond donors (Lipinski definition) is 1. The van der Waals surface area contributed by atoms with Crippen molar-refractivity contribution in [3.63, 3.8) is 0 Å². The quantitative estimate of drug-likeness (QED) is 0.523. The van der Waals surface area contributed by atoms with Crippen LogP contribution in [0.5, 0.6) is 5.75 Å². The van der Waals surface area contributed by atoms with Crippen molar-refractivity contribution in [1.29, 1.82) is 0 Å². The first-order valence-corrected chi connectivity index (χ1v) is 9.31. The highest BCUT2D eigenvalue weighted by atomic mass is 32.2. The van der Waals surface area contributed by atoms with Crippen LogP contribution in [0.3, 0.4) is 0 Å². The molecule has 4 aromatic rings. The van der Waals surface area contributed by atoms with E-state index in [1.54, 1.807) is 0 Å². The van der Waals surface area contributed by atoms with Crippen molar-refractivity contribution in [2.45, 2.75) is 17.6 Å². The number of thioether (sulfide) groups is 1. The Hall–Kier alpha value is -2.84.